The fourth-order valence-corrected chi connectivity index (χ4v) is 3.54. The number of pyridine rings is 1. The van der Waals surface area contributed by atoms with Crippen molar-refractivity contribution in [1.82, 2.24) is 14.9 Å². The summed E-state index contributed by atoms with van der Waals surface area (Å²) in [7, 11) is 0. The Morgan fingerprint density at radius 1 is 1.40 bits per heavy atom. The van der Waals surface area contributed by atoms with Gasteiger partial charge in [0.05, 0.1) is 0 Å². The zero-order valence-electron chi connectivity index (χ0n) is 11.5. The highest BCUT2D eigenvalue weighted by atomic mass is 79.9. The van der Waals surface area contributed by atoms with E-state index in [2.05, 4.69) is 36.9 Å². The molecule has 20 heavy (non-hydrogen) atoms. The van der Waals surface area contributed by atoms with E-state index in [1.807, 2.05) is 12.3 Å². The molecule has 4 nitrogen and oxygen atoms in total. The summed E-state index contributed by atoms with van der Waals surface area (Å²) in [6.07, 6.45) is 5.15. The predicted octanol–water partition coefficient (Wildman–Crippen LogP) is 2.92. The lowest BCUT2D eigenvalue weighted by Crippen LogP contribution is -2.33. The number of piperidine rings is 1. The molecular weight excluding hydrogens is 318 g/mol. The highest BCUT2D eigenvalue weighted by molar-refractivity contribution is 9.10. The number of nitrogens with one attached hydrogen (secondary N) is 1. The van der Waals surface area contributed by atoms with Crippen molar-refractivity contribution in [1.29, 1.82) is 0 Å². The molecule has 1 fully saturated rings. The van der Waals surface area contributed by atoms with Crippen LogP contribution in [-0.4, -0.2) is 39.7 Å². The molecule has 0 aliphatic carbocycles. The van der Waals surface area contributed by atoms with E-state index in [9.17, 15) is 0 Å². The third-order valence-electron chi connectivity index (χ3n) is 4.20. The summed E-state index contributed by atoms with van der Waals surface area (Å²) in [6, 6.07) is 4.05. The van der Waals surface area contributed by atoms with Gasteiger partial charge in [-0.15, -0.1) is 0 Å². The number of aliphatic hydroxyl groups excluding tert-OH is 1. The largest absolute Gasteiger partial charge is 0.396 e. The van der Waals surface area contributed by atoms with Crippen LogP contribution in [0.25, 0.3) is 11.0 Å². The van der Waals surface area contributed by atoms with Gasteiger partial charge in [-0.1, -0.05) is 0 Å². The Hall–Kier alpha value is -0.910. The first kappa shape index (κ1) is 14.0. The Morgan fingerprint density at radius 3 is 2.90 bits per heavy atom. The number of aromatic nitrogens is 2. The average Bonchev–Trinajstić information content (AvgIpc) is 2.79. The van der Waals surface area contributed by atoms with E-state index in [-0.39, 0.29) is 0 Å². The van der Waals surface area contributed by atoms with Gasteiger partial charge in [-0.05, 0) is 66.3 Å². The lowest BCUT2D eigenvalue weighted by molar-refractivity contribution is 0.152. The number of H-pyrrole nitrogens is 1. The maximum absolute atomic E-state index is 9.00. The number of likely N-dealkylation sites (tertiary alicyclic amines) is 1. The fourth-order valence-electron chi connectivity index (χ4n) is 2.99. The van der Waals surface area contributed by atoms with Crippen LogP contribution in [0.2, 0.25) is 0 Å². The van der Waals surface area contributed by atoms with Crippen LogP contribution >= 0.6 is 15.9 Å². The lowest BCUT2D eigenvalue weighted by atomic mass is 9.94. The predicted molar refractivity (Wildman–Crippen MR) is 83.5 cm³/mol. The van der Waals surface area contributed by atoms with Crippen LogP contribution < -0.4 is 0 Å². The molecule has 2 aromatic rings. The number of aromatic amines is 1. The third kappa shape index (κ3) is 2.90. The minimum atomic E-state index is 0.323. The molecule has 1 aliphatic heterocycles. The van der Waals surface area contributed by atoms with Gasteiger partial charge in [0, 0.05) is 34.9 Å². The van der Waals surface area contributed by atoms with Crippen molar-refractivity contribution in [2.24, 2.45) is 5.92 Å². The molecule has 108 valence electrons. The van der Waals surface area contributed by atoms with Gasteiger partial charge in [-0.2, -0.15) is 0 Å². The number of nitrogens with zero attached hydrogens (tertiary/aromatic N) is 2. The van der Waals surface area contributed by atoms with Crippen LogP contribution in [0.4, 0.5) is 0 Å². The van der Waals surface area contributed by atoms with E-state index in [1.165, 1.54) is 18.5 Å². The molecule has 1 saturated heterocycles. The molecule has 0 radical (unpaired) electrons. The van der Waals surface area contributed by atoms with Crippen molar-refractivity contribution >= 4 is 27.0 Å². The van der Waals surface area contributed by atoms with Gasteiger partial charge in [0.1, 0.15) is 5.65 Å². The van der Waals surface area contributed by atoms with Gasteiger partial charge in [-0.3, -0.25) is 4.90 Å². The maximum Gasteiger partial charge on any atom is 0.138 e. The molecule has 0 saturated carbocycles. The first-order chi connectivity index (χ1) is 9.78. The Labute approximate surface area is 127 Å². The van der Waals surface area contributed by atoms with Crippen LogP contribution in [0.1, 0.15) is 25.0 Å². The molecule has 1 aliphatic rings. The van der Waals surface area contributed by atoms with E-state index in [4.69, 9.17) is 5.11 Å². The topological polar surface area (TPSA) is 52.1 Å². The number of halogens is 1. The average molecular weight is 338 g/mol. The summed E-state index contributed by atoms with van der Waals surface area (Å²) in [5, 5.41) is 10.2. The minimum absolute atomic E-state index is 0.323. The van der Waals surface area contributed by atoms with Crippen LogP contribution in [-0.2, 0) is 6.54 Å². The zero-order valence-corrected chi connectivity index (χ0v) is 13.1. The fraction of sp³-hybridized carbons (Fsp3) is 0.533. The van der Waals surface area contributed by atoms with Gasteiger partial charge < -0.3 is 10.1 Å². The molecular formula is C15H20BrN3O. The molecule has 3 heterocycles. The monoisotopic (exact) mass is 337 g/mol. The van der Waals surface area contributed by atoms with E-state index in [1.54, 1.807) is 0 Å². The quantitative estimate of drug-likeness (QED) is 0.901. The Bertz CT molecular complexity index is 576. The molecule has 5 heteroatoms. The number of hydrogen-bond acceptors (Lipinski definition) is 3. The summed E-state index contributed by atoms with van der Waals surface area (Å²) in [4.78, 5) is 10.2. The standard InChI is InChI=1S/C15H20BrN3O/c16-14-12-2-1-6-17-15(12)18-13(14)10-19-7-3-11(4-8-19)5-9-20/h1-2,6,11,20H,3-5,7-10H2,(H,17,18). The molecule has 0 aromatic carbocycles. The SMILES string of the molecule is OCCC1CCN(Cc2[nH]c3ncccc3c2Br)CC1. The Kier molecular flexibility index (Phi) is 4.38. The third-order valence-corrected chi connectivity index (χ3v) is 5.11. The van der Waals surface area contributed by atoms with E-state index in [0.717, 1.165) is 41.6 Å². The summed E-state index contributed by atoms with van der Waals surface area (Å²) < 4.78 is 1.14. The number of rotatable bonds is 4. The summed E-state index contributed by atoms with van der Waals surface area (Å²) in [5.41, 5.74) is 2.16. The number of fused-ring (bicyclic) bond motifs is 1. The summed E-state index contributed by atoms with van der Waals surface area (Å²) in [5.74, 6) is 0.698. The van der Waals surface area contributed by atoms with E-state index in [0.29, 0.717) is 12.5 Å². The van der Waals surface area contributed by atoms with Crippen molar-refractivity contribution in [2.45, 2.75) is 25.8 Å². The van der Waals surface area contributed by atoms with Crippen molar-refractivity contribution < 1.29 is 5.11 Å². The minimum Gasteiger partial charge on any atom is -0.396 e. The Morgan fingerprint density at radius 2 is 2.20 bits per heavy atom. The smallest absolute Gasteiger partial charge is 0.138 e. The van der Waals surface area contributed by atoms with Crippen LogP contribution in [0.5, 0.6) is 0 Å². The van der Waals surface area contributed by atoms with Gasteiger partial charge in [0.15, 0.2) is 0 Å². The van der Waals surface area contributed by atoms with Gasteiger partial charge in [0.2, 0.25) is 0 Å². The highest BCUT2D eigenvalue weighted by Gasteiger charge is 2.20. The molecule has 0 unspecified atom stereocenters. The van der Waals surface area contributed by atoms with Crippen LogP contribution in [0.15, 0.2) is 22.8 Å². The first-order valence-corrected chi connectivity index (χ1v) is 8.01. The van der Waals surface area contributed by atoms with Gasteiger partial charge >= 0.3 is 0 Å². The second kappa shape index (κ2) is 6.24. The van der Waals surface area contributed by atoms with Gasteiger partial charge in [0.25, 0.3) is 0 Å². The molecule has 0 amide bonds. The van der Waals surface area contributed by atoms with Gasteiger partial charge in [-0.25, -0.2) is 4.98 Å². The zero-order chi connectivity index (χ0) is 13.9. The number of aliphatic hydroxyl groups is 1. The lowest BCUT2D eigenvalue weighted by Gasteiger charge is -2.31. The van der Waals surface area contributed by atoms with E-state index < -0.39 is 0 Å². The molecule has 0 bridgehead atoms. The molecule has 2 N–H and O–H groups in total. The van der Waals surface area contributed by atoms with Crippen molar-refractivity contribution in [3.8, 4) is 0 Å². The van der Waals surface area contributed by atoms with Crippen molar-refractivity contribution in [3.05, 3.63) is 28.5 Å². The summed E-state index contributed by atoms with van der Waals surface area (Å²) >= 11 is 3.68. The van der Waals surface area contributed by atoms with Crippen molar-refractivity contribution in [3.63, 3.8) is 0 Å². The molecule has 2 aromatic heterocycles. The molecule has 3 rings (SSSR count). The second-order valence-corrected chi connectivity index (χ2v) is 6.34. The first-order valence-electron chi connectivity index (χ1n) is 7.22. The maximum atomic E-state index is 9.00. The second-order valence-electron chi connectivity index (χ2n) is 5.55. The molecule has 0 spiro atoms. The molecule has 0 atom stereocenters. The highest BCUT2D eigenvalue weighted by Crippen LogP contribution is 2.29. The van der Waals surface area contributed by atoms with Crippen LogP contribution in [0, 0.1) is 5.92 Å². The normalized spacial score (nSPS) is 17.9. The van der Waals surface area contributed by atoms with Crippen molar-refractivity contribution in [2.75, 3.05) is 19.7 Å². The summed E-state index contributed by atoms with van der Waals surface area (Å²) in [6.45, 7) is 3.48. The van der Waals surface area contributed by atoms with E-state index >= 15 is 0 Å². The number of hydrogen-bond donors (Lipinski definition) is 2. The Balaban J connectivity index is 1.67. The van der Waals surface area contributed by atoms with Crippen LogP contribution in [0.3, 0.4) is 0 Å².